The van der Waals surface area contributed by atoms with Crippen LogP contribution >= 0.6 is 0 Å². The first-order valence-corrected chi connectivity index (χ1v) is 17.6. The van der Waals surface area contributed by atoms with Gasteiger partial charge in [0.05, 0.1) is 6.10 Å². The molecular weight excluding hydrogens is 494 g/mol. The summed E-state index contributed by atoms with van der Waals surface area (Å²) < 4.78 is 0. The SMILES string of the molecule is CCCCN(C)C(=O)CCCCCCCCCCC[C@@H]1C[C@H]2CC(=O)CC[C@]2(C)[C@H]2CC[C@]3(C)[C@@H](O)CC[C@H]3[C@H]12. The number of fused-ring (bicyclic) bond motifs is 5. The molecule has 4 saturated carbocycles. The van der Waals surface area contributed by atoms with Crippen LogP contribution in [0.3, 0.4) is 0 Å². The molecule has 0 bridgehead atoms. The molecular formula is C36H63NO3. The molecule has 0 aromatic carbocycles. The number of aliphatic hydroxyl groups excluding tert-OH is 1. The third-order valence-electron chi connectivity index (χ3n) is 12.8. The molecule has 0 aromatic rings. The van der Waals surface area contributed by atoms with E-state index in [1.54, 1.807) is 0 Å². The number of carbonyl (C=O) groups excluding carboxylic acids is 2. The van der Waals surface area contributed by atoms with Crippen molar-refractivity contribution in [2.24, 2.45) is 40.4 Å². The average molecular weight is 558 g/mol. The van der Waals surface area contributed by atoms with E-state index in [9.17, 15) is 14.7 Å². The number of unbranched alkanes of at least 4 members (excludes halogenated alkanes) is 9. The van der Waals surface area contributed by atoms with Crippen LogP contribution in [0.4, 0.5) is 0 Å². The van der Waals surface area contributed by atoms with Crippen molar-refractivity contribution in [3.05, 3.63) is 0 Å². The predicted molar refractivity (Wildman–Crippen MR) is 165 cm³/mol. The highest BCUT2D eigenvalue weighted by molar-refractivity contribution is 5.79. The summed E-state index contributed by atoms with van der Waals surface area (Å²) in [5, 5.41) is 11.0. The summed E-state index contributed by atoms with van der Waals surface area (Å²) in [6, 6.07) is 0. The first kappa shape index (κ1) is 32.0. The van der Waals surface area contributed by atoms with Gasteiger partial charge in [0.25, 0.3) is 0 Å². The summed E-state index contributed by atoms with van der Waals surface area (Å²) >= 11 is 0. The number of rotatable bonds is 15. The highest BCUT2D eigenvalue weighted by Crippen LogP contribution is 2.67. The Morgan fingerprint density at radius 2 is 1.52 bits per heavy atom. The van der Waals surface area contributed by atoms with Crippen LogP contribution in [0.25, 0.3) is 0 Å². The maximum absolute atomic E-state index is 12.5. The van der Waals surface area contributed by atoms with E-state index in [2.05, 4.69) is 20.8 Å². The molecule has 0 unspecified atom stereocenters. The fourth-order valence-electron chi connectivity index (χ4n) is 10.1. The van der Waals surface area contributed by atoms with Gasteiger partial charge in [-0.25, -0.2) is 0 Å². The highest BCUT2D eigenvalue weighted by atomic mass is 16.3. The van der Waals surface area contributed by atoms with Crippen molar-refractivity contribution in [2.75, 3.05) is 13.6 Å². The van der Waals surface area contributed by atoms with Gasteiger partial charge in [-0.05, 0) is 91.8 Å². The Balaban J connectivity index is 1.16. The standard InChI is InChI=1S/C36H63NO3/c1-5-6-24-37(4)33(40)17-15-13-11-9-7-8-10-12-14-16-27-25-28-26-29(38)20-22-35(28,2)31-21-23-36(3)30(34(27)31)18-19-32(36)39/h27-28,30-32,34,39H,5-26H2,1-4H3/t27-,28+,30+,31+,32+,34+,35+,36+/m1/s1. The third-order valence-corrected chi connectivity index (χ3v) is 12.8. The van der Waals surface area contributed by atoms with E-state index in [-0.39, 0.29) is 11.5 Å². The number of carbonyl (C=O) groups is 2. The molecule has 1 N–H and O–H groups in total. The summed E-state index contributed by atoms with van der Waals surface area (Å²) in [6.07, 6.45) is 24.4. The van der Waals surface area contributed by atoms with Gasteiger partial charge in [-0.3, -0.25) is 9.59 Å². The fourth-order valence-corrected chi connectivity index (χ4v) is 10.1. The topological polar surface area (TPSA) is 57.6 Å². The fraction of sp³-hybridized carbons (Fsp3) is 0.944. The van der Waals surface area contributed by atoms with E-state index in [1.807, 2.05) is 11.9 Å². The Morgan fingerprint density at radius 1 is 0.875 bits per heavy atom. The van der Waals surface area contributed by atoms with Crippen LogP contribution in [0.15, 0.2) is 0 Å². The van der Waals surface area contributed by atoms with Gasteiger partial charge in [-0.15, -0.1) is 0 Å². The lowest BCUT2D eigenvalue weighted by molar-refractivity contribution is -0.156. The lowest BCUT2D eigenvalue weighted by atomic mass is 9.42. The zero-order chi connectivity index (χ0) is 28.8. The van der Waals surface area contributed by atoms with E-state index >= 15 is 0 Å². The van der Waals surface area contributed by atoms with Crippen molar-refractivity contribution in [3.8, 4) is 0 Å². The Labute approximate surface area is 246 Å². The largest absolute Gasteiger partial charge is 0.393 e. The van der Waals surface area contributed by atoms with Gasteiger partial charge in [0, 0.05) is 32.9 Å². The molecule has 4 aliphatic rings. The number of Topliss-reactive ketones (excluding diaryl/α,β-unsaturated/α-hetero) is 1. The van der Waals surface area contributed by atoms with Crippen LogP contribution in [0.2, 0.25) is 0 Å². The van der Waals surface area contributed by atoms with Crippen LogP contribution in [0.5, 0.6) is 0 Å². The third kappa shape index (κ3) is 7.17. The van der Waals surface area contributed by atoms with Crippen LogP contribution in [-0.2, 0) is 9.59 Å². The van der Waals surface area contributed by atoms with Crippen molar-refractivity contribution in [2.45, 2.75) is 162 Å². The second-order valence-corrected chi connectivity index (χ2v) is 15.3. The molecule has 0 aromatic heterocycles. The molecule has 0 aliphatic heterocycles. The van der Waals surface area contributed by atoms with E-state index < -0.39 is 0 Å². The minimum Gasteiger partial charge on any atom is -0.393 e. The summed E-state index contributed by atoms with van der Waals surface area (Å²) in [6.45, 7) is 8.04. The lowest BCUT2D eigenvalue weighted by Gasteiger charge is -2.62. The molecule has 0 radical (unpaired) electrons. The van der Waals surface area contributed by atoms with Gasteiger partial charge >= 0.3 is 0 Å². The van der Waals surface area contributed by atoms with Gasteiger partial charge in [0.2, 0.25) is 5.91 Å². The zero-order valence-electron chi connectivity index (χ0n) is 26.7. The molecule has 0 spiro atoms. The zero-order valence-corrected chi connectivity index (χ0v) is 26.7. The second-order valence-electron chi connectivity index (χ2n) is 15.3. The number of amides is 1. The van der Waals surface area contributed by atoms with Crippen LogP contribution < -0.4 is 0 Å². The monoisotopic (exact) mass is 557 g/mol. The molecule has 8 atom stereocenters. The predicted octanol–water partition coefficient (Wildman–Crippen LogP) is 8.73. The Morgan fingerprint density at radius 3 is 2.23 bits per heavy atom. The summed E-state index contributed by atoms with van der Waals surface area (Å²) in [5.41, 5.74) is 0.480. The second kappa shape index (κ2) is 14.5. The quantitative estimate of drug-likeness (QED) is 0.205. The Kier molecular flexibility index (Phi) is 11.6. The Hall–Kier alpha value is -0.900. The van der Waals surface area contributed by atoms with Crippen molar-refractivity contribution < 1.29 is 14.7 Å². The van der Waals surface area contributed by atoms with Crippen LogP contribution in [0.1, 0.15) is 156 Å². The highest BCUT2D eigenvalue weighted by Gasteiger charge is 2.62. The van der Waals surface area contributed by atoms with Crippen LogP contribution in [0, 0.1) is 40.4 Å². The number of nitrogens with zero attached hydrogens (tertiary/aromatic N) is 1. The van der Waals surface area contributed by atoms with Gasteiger partial charge in [-0.1, -0.05) is 85.0 Å². The molecule has 1 amide bonds. The minimum atomic E-state index is -0.106. The average Bonchev–Trinajstić information content (AvgIpc) is 3.24. The maximum Gasteiger partial charge on any atom is 0.222 e. The van der Waals surface area contributed by atoms with E-state index in [1.165, 1.54) is 83.5 Å². The molecule has 4 heteroatoms. The number of aliphatic hydroxyl groups is 1. The summed E-state index contributed by atoms with van der Waals surface area (Å²) in [7, 11) is 1.95. The summed E-state index contributed by atoms with van der Waals surface area (Å²) in [5.74, 6) is 4.41. The van der Waals surface area contributed by atoms with E-state index in [0.717, 1.165) is 75.7 Å². The minimum absolute atomic E-state index is 0.106. The number of hydrogen-bond acceptors (Lipinski definition) is 3. The molecule has 4 fully saturated rings. The summed E-state index contributed by atoms with van der Waals surface area (Å²) in [4.78, 5) is 26.6. The van der Waals surface area contributed by atoms with E-state index in [0.29, 0.717) is 28.9 Å². The maximum atomic E-state index is 12.5. The molecule has 4 aliphatic carbocycles. The van der Waals surface area contributed by atoms with Gasteiger partial charge in [0.15, 0.2) is 0 Å². The first-order chi connectivity index (χ1) is 19.2. The smallest absolute Gasteiger partial charge is 0.222 e. The van der Waals surface area contributed by atoms with Crippen molar-refractivity contribution in [1.29, 1.82) is 0 Å². The van der Waals surface area contributed by atoms with Crippen molar-refractivity contribution >= 4 is 11.7 Å². The molecule has 0 heterocycles. The lowest BCUT2D eigenvalue weighted by Crippen LogP contribution is -2.57. The van der Waals surface area contributed by atoms with Crippen molar-refractivity contribution in [1.82, 2.24) is 4.90 Å². The molecule has 4 rings (SSSR count). The first-order valence-electron chi connectivity index (χ1n) is 17.6. The van der Waals surface area contributed by atoms with Gasteiger partial charge < -0.3 is 10.0 Å². The van der Waals surface area contributed by atoms with E-state index in [4.69, 9.17) is 0 Å². The Bertz CT molecular complexity index is 827. The molecule has 4 nitrogen and oxygen atoms in total. The molecule has 40 heavy (non-hydrogen) atoms. The van der Waals surface area contributed by atoms with Gasteiger partial charge in [0.1, 0.15) is 5.78 Å². The number of ketones is 1. The molecule has 230 valence electrons. The number of hydrogen-bond donors (Lipinski definition) is 1. The molecule has 0 saturated heterocycles. The van der Waals surface area contributed by atoms with Crippen LogP contribution in [-0.4, -0.2) is 41.4 Å². The normalized spacial score (nSPS) is 37.1. The van der Waals surface area contributed by atoms with Gasteiger partial charge in [-0.2, -0.15) is 0 Å². The van der Waals surface area contributed by atoms with Crippen molar-refractivity contribution in [3.63, 3.8) is 0 Å².